The van der Waals surface area contributed by atoms with Gasteiger partial charge in [-0.15, -0.1) is 0 Å². The molecule has 10 heterocycles. The lowest BCUT2D eigenvalue weighted by atomic mass is 9.96. The number of aryl methyl sites for hydroxylation is 6. The Labute approximate surface area is 560 Å². The van der Waals surface area contributed by atoms with Crippen LogP contribution in [-0.4, -0.2) is 171 Å². The number of aromatic nitrogens is 8. The number of amides is 1. The van der Waals surface area contributed by atoms with E-state index in [1.165, 1.54) is 58.0 Å². The van der Waals surface area contributed by atoms with Crippen LogP contribution >= 0.6 is 15.6 Å². The third kappa shape index (κ3) is 15.9. The van der Waals surface area contributed by atoms with Gasteiger partial charge in [-0.05, 0) is 77.1 Å². The molecule has 37 nitrogen and oxygen atoms in total. The number of nitrogens with one attached hydrogen (secondary N) is 5. The Hall–Kier alpha value is -7.73. The van der Waals surface area contributed by atoms with Crippen molar-refractivity contribution in [1.29, 1.82) is 0 Å². The smallest absolute Gasteiger partial charge is 0.459 e. The van der Waals surface area contributed by atoms with Crippen LogP contribution in [0.3, 0.4) is 0 Å². The average Bonchev–Trinajstić information content (AvgIpc) is 1.58. The first kappa shape index (κ1) is 74.0. The standard InChI is InChI=1S/C39H49N6O14P.C21H27N4O13P/c1-8-39-20-53-32(36(58-39)45-18-24(5)35(49)43-38(45)51)33(39)59-60(52,54-12-11-40-7)55-19-28-27(15-30(56-28)44-17-23(4)34(48)42-37(44)50)57-31(47)10-9-29(46)41-16-26-13-21(2)25(6)22(3)14-26;1-9-4-24(19(30)22-16(9)28)13-3-11(27)12(36-13)6-35-39(32,33)38-15-14-18(37-21(15,7-26)8-34-14)25-5-10(2)17(29)23-20(25)31/h13-14,17-18,27-28,30,32-33,36H,8-12,15-16,19-20H2,1-6H3,(H,41,46)(H,42,48,50)(H,43,49,51);4-5,11-15,18,26-27H,3,6-8H2,1-2H3,(H,32,33)(H,22,28,30)(H,23,29,31). The van der Waals surface area contributed by atoms with Crippen molar-refractivity contribution < 1.29 is 89.6 Å². The predicted octanol–water partition coefficient (Wildman–Crippen LogP) is -0.0401. The monoisotopic (exact) mass is 1430 g/mol. The van der Waals surface area contributed by atoms with E-state index in [9.17, 15) is 72.2 Å². The van der Waals surface area contributed by atoms with Gasteiger partial charge in [-0.1, -0.05) is 19.1 Å². The number of H-pyrrole nitrogens is 4. The highest BCUT2D eigenvalue weighted by Crippen LogP contribution is 2.59. The van der Waals surface area contributed by atoms with Crippen molar-refractivity contribution in [2.75, 3.05) is 46.2 Å². The van der Waals surface area contributed by atoms with Gasteiger partial charge in [-0.3, -0.25) is 89.6 Å². The Morgan fingerprint density at radius 1 is 0.657 bits per heavy atom. The lowest BCUT2D eigenvalue weighted by Gasteiger charge is -2.31. The molecular formula is C60H76N10O27P2. The van der Waals surface area contributed by atoms with E-state index in [0.29, 0.717) is 0 Å². The second kappa shape index (κ2) is 29.8. The van der Waals surface area contributed by atoms with Gasteiger partial charge in [0, 0.05) is 72.8 Å². The maximum Gasteiger partial charge on any atom is 0.475 e. The van der Waals surface area contributed by atoms with Crippen molar-refractivity contribution >= 4 is 27.5 Å². The molecule has 6 saturated heterocycles. The number of aliphatic hydroxyl groups excluding tert-OH is 2. The van der Waals surface area contributed by atoms with Crippen LogP contribution < -0.4 is 50.3 Å². The van der Waals surface area contributed by atoms with Gasteiger partial charge in [-0.2, -0.15) is 0 Å². The summed E-state index contributed by atoms with van der Waals surface area (Å²) in [6.07, 6.45) is -8.86. The molecule has 4 bridgehead atoms. The van der Waals surface area contributed by atoms with E-state index in [-0.39, 0.29) is 93.2 Å². The summed E-state index contributed by atoms with van der Waals surface area (Å²) in [4.78, 5) is 146. The Kier molecular flexibility index (Phi) is 22.3. The van der Waals surface area contributed by atoms with Gasteiger partial charge in [0.1, 0.15) is 73.0 Å². The number of hydrogen-bond acceptors (Lipinski definition) is 26. The molecule has 1 aromatic carbocycles. The number of phosphoric acid groups is 2. The molecule has 16 unspecified atom stereocenters. The zero-order valence-corrected chi connectivity index (χ0v) is 56.6. The summed E-state index contributed by atoms with van der Waals surface area (Å²) >= 11 is 0. The van der Waals surface area contributed by atoms with Crippen LogP contribution in [-0.2, 0) is 81.0 Å². The first-order valence-corrected chi connectivity index (χ1v) is 34.3. The first-order chi connectivity index (χ1) is 46.8. The normalized spacial score (nSPS) is 28.6. The van der Waals surface area contributed by atoms with Crippen molar-refractivity contribution in [3.63, 3.8) is 0 Å². The van der Waals surface area contributed by atoms with Crippen LogP contribution in [0.2, 0.25) is 0 Å². The molecule has 0 saturated carbocycles. The van der Waals surface area contributed by atoms with Gasteiger partial charge >= 0.3 is 44.4 Å². The third-order valence-electron chi connectivity index (χ3n) is 18.0. The molecule has 99 heavy (non-hydrogen) atoms. The fourth-order valence-electron chi connectivity index (χ4n) is 12.2. The van der Waals surface area contributed by atoms with Crippen LogP contribution in [0.1, 0.15) is 108 Å². The van der Waals surface area contributed by atoms with E-state index < -0.39 is 171 Å². The third-order valence-corrected chi connectivity index (χ3v) is 20.4. The minimum absolute atomic E-state index is 0.00341. The number of benzene rings is 1. The summed E-state index contributed by atoms with van der Waals surface area (Å²) < 4.78 is 101. The van der Waals surface area contributed by atoms with E-state index in [1.54, 1.807) is 6.92 Å². The molecule has 11 rings (SSSR count). The number of carbonyl (C=O) groups excluding carboxylic acids is 2. The summed E-state index contributed by atoms with van der Waals surface area (Å²) in [5.74, 6) is -1.14. The van der Waals surface area contributed by atoms with E-state index in [0.717, 1.165) is 35.0 Å². The zero-order chi connectivity index (χ0) is 71.8. The first-order valence-electron chi connectivity index (χ1n) is 31.4. The van der Waals surface area contributed by atoms with Gasteiger partial charge in [0.25, 0.3) is 22.2 Å². The molecule has 0 spiro atoms. The van der Waals surface area contributed by atoms with Gasteiger partial charge < -0.3 is 58.4 Å². The lowest BCUT2D eigenvalue weighted by molar-refractivity contribution is -0.187. The van der Waals surface area contributed by atoms with Gasteiger partial charge in [-0.25, -0.2) is 34.9 Å². The largest absolute Gasteiger partial charge is 0.475 e. The maximum atomic E-state index is 14.5. The molecule has 4 aromatic heterocycles. The highest BCUT2D eigenvalue weighted by Gasteiger charge is 2.66. The van der Waals surface area contributed by atoms with E-state index in [1.807, 2.05) is 32.9 Å². The minimum atomic E-state index is -4.90. The van der Waals surface area contributed by atoms with Crippen molar-refractivity contribution in [2.24, 2.45) is 0 Å². The number of esters is 1. The zero-order valence-electron chi connectivity index (χ0n) is 54.9. The van der Waals surface area contributed by atoms with Gasteiger partial charge in [0.05, 0.1) is 45.6 Å². The second-order valence-corrected chi connectivity index (χ2v) is 27.9. The van der Waals surface area contributed by atoms with E-state index in [2.05, 4.69) is 30.1 Å². The number of aromatic amines is 4. The highest BCUT2D eigenvalue weighted by atomic mass is 31.2. The van der Waals surface area contributed by atoms with Crippen molar-refractivity contribution in [1.82, 2.24) is 43.5 Å². The Balaban J connectivity index is 0.000000234. The molecule has 1 amide bonds. The number of phosphoric ester groups is 2. The second-order valence-electron chi connectivity index (χ2n) is 24.9. The van der Waals surface area contributed by atoms with Crippen molar-refractivity contribution in [2.45, 2.75) is 179 Å². The predicted molar refractivity (Wildman–Crippen MR) is 338 cm³/mol. The topological polar surface area (TPSA) is 476 Å². The summed E-state index contributed by atoms with van der Waals surface area (Å²) in [5.41, 5.74) is -3.15. The molecule has 8 N–H and O–H groups in total. The minimum Gasteiger partial charge on any atom is -0.459 e. The number of rotatable bonds is 25. The molecule has 0 radical (unpaired) electrons. The van der Waals surface area contributed by atoms with Crippen LogP contribution in [0, 0.1) is 55.0 Å². The van der Waals surface area contributed by atoms with Crippen LogP contribution in [0.25, 0.3) is 4.85 Å². The Morgan fingerprint density at radius 3 is 1.66 bits per heavy atom. The van der Waals surface area contributed by atoms with E-state index in [4.69, 9.17) is 62.3 Å². The number of aliphatic hydroxyl groups is 2. The quantitative estimate of drug-likeness (QED) is 0.0164. The fraction of sp³-hybridized carbons (Fsp3) is 0.583. The molecular weight excluding hydrogens is 1350 g/mol. The molecule has 39 heteroatoms. The Morgan fingerprint density at radius 2 is 1.13 bits per heavy atom. The summed E-state index contributed by atoms with van der Waals surface area (Å²) in [6, 6.07) is 3.97. The molecule has 538 valence electrons. The lowest BCUT2D eigenvalue weighted by Crippen LogP contribution is -2.45. The highest BCUT2D eigenvalue weighted by molar-refractivity contribution is 7.48. The van der Waals surface area contributed by atoms with Gasteiger partial charge in [0.15, 0.2) is 12.5 Å². The maximum absolute atomic E-state index is 14.5. The number of hydrogen-bond donors (Lipinski definition) is 8. The molecule has 6 aliphatic heterocycles. The number of fused-ring (bicyclic) bond motifs is 4. The molecule has 0 aliphatic carbocycles. The molecule has 6 fully saturated rings. The summed E-state index contributed by atoms with van der Waals surface area (Å²) in [6.45, 7) is 18.5. The fourth-order valence-corrected chi connectivity index (χ4v) is 14.6. The van der Waals surface area contributed by atoms with Crippen molar-refractivity contribution in [3.05, 3.63) is 176 Å². The van der Waals surface area contributed by atoms with Crippen LogP contribution in [0.15, 0.2) is 75.3 Å². The number of carbonyl (C=O) groups is 2. The van der Waals surface area contributed by atoms with Crippen LogP contribution in [0.4, 0.5) is 0 Å². The summed E-state index contributed by atoms with van der Waals surface area (Å²) in [7, 11) is -9.57. The van der Waals surface area contributed by atoms with Crippen LogP contribution in [0.5, 0.6) is 0 Å². The molecule has 16 atom stereocenters. The molecule has 6 aliphatic rings. The Bertz CT molecular complexity index is 4530. The number of ether oxygens (including phenoxy) is 7. The van der Waals surface area contributed by atoms with E-state index >= 15 is 0 Å². The SMILES string of the molecule is Cc1cn(C2CC(O)C(COP(=O)(O)OC3C4OCC3(CO)OC4n3cc(C)c(=O)[nH]c3=O)O2)c(=O)[nH]c1=O.[C-]#[N+]CCOP(=O)(OCC1OC(n2cc(C)c(=O)[nH]c2=O)CC1OC(=O)CCC(=O)NCc1cc(C)c(C)c(C)c1)OC1C2OCC1(CC)OC2n1cc(C)c(=O)[nH]c1=O. The average molecular weight is 1430 g/mol. The number of nitrogens with zero attached hydrogens (tertiary/aromatic N) is 5. The van der Waals surface area contributed by atoms with Gasteiger partial charge in [0.2, 0.25) is 12.5 Å². The summed E-state index contributed by atoms with van der Waals surface area (Å²) in [5, 5.41) is 23.2. The molecule has 5 aromatic rings. The van der Waals surface area contributed by atoms with Crippen molar-refractivity contribution in [3.8, 4) is 0 Å².